The molecule has 1 atom stereocenters. The molecule has 2 aromatic rings. The maximum absolute atomic E-state index is 13.3. The second-order valence-electron chi connectivity index (χ2n) is 7.09. The van der Waals surface area contributed by atoms with Crippen LogP contribution in [-0.2, 0) is 16.1 Å². The van der Waals surface area contributed by atoms with Crippen LogP contribution in [0.15, 0.2) is 48.5 Å². The minimum atomic E-state index is -0.583. The van der Waals surface area contributed by atoms with E-state index in [4.69, 9.17) is 9.47 Å². The lowest BCUT2D eigenvalue weighted by Gasteiger charge is -2.30. The monoisotopic (exact) mass is 430 g/mol. The van der Waals surface area contributed by atoms with Crippen LogP contribution < -0.4 is 14.8 Å². The van der Waals surface area contributed by atoms with Crippen LogP contribution in [0, 0.1) is 5.82 Å². The average molecular weight is 431 g/mol. The molecule has 0 fully saturated rings. The molecule has 7 heteroatoms. The van der Waals surface area contributed by atoms with Gasteiger partial charge in [0.15, 0.2) is 0 Å². The predicted molar refractivity (Wildman–Crippen MR) is 117 cm³/mol. The van der Waals surface area contributed by atoms with Crippen molar-refractivity contribution in [3.05, 3.63) is 59.9 Å². The molecule has 6 nitrogen and oxygen atoms in total. The highest BCUT2D eigenvalue weighted by Crippen LogP contribution is 2.18. The third-order valence-electron chi connectivity index (χ3n) is 4.87. The number of ether oxygens (including phenoxy) is 2. The van der Waals surface area contributed by atoms with Crippen LogP contribution in [0.4, 0.5) is 4.39 Å². The highest BCUT2D eigenvalue weighted by molar-refractivity contribution is 5.87. The van der Waals surface area contributed by atoms with E-state index in [1.54, 1.807) is 24.1 Å². The maximum atomic E-state index is 13.3. The molecule has 0 bridgehead atoms. The molecule has 0 aliphatic carbocycles. The molecule has 0 saturated heterocycles. The quantitative estimate of drug-likeness (QED) is 0.518. The lowest BCUT2D eigenvalue weighted by molar-refractivity contribution is -0.141. The number of halogens is 1. The number of nitrogens with zero attached hydrogens (tertiary/aromatic N) is 1. The van der Waals surface area contributed by atoms with E-state index >= 15 is 0 Å². The van der Waals surface area contributed by atoms with E-state index in [0.29, 0.717) is 31.7 Å². The number of amides is 2. The molecule has 31 heavy (non-hydrogen) atoms. The van der Waals surface area contributed by atoms with Crippen LogP contribution in [0.25, 0.3) is 0 Å². The number of likely N-dealkylation sites (N-methyl/N-ethyl adjacent to an activating group) is 1. The second kappa shape index (κ2) is 12.6. The lowest BCUT2D eigenvalue weighted by Crippen LogP contribution is -2.49. The fraction of sp³-hybridized carbons (Fsp3) is 0.417. The number of carbonyl (C=O) groups is 2. The molecule has 0 spiro atoms. The topological polar surface area (TPSA) is 67.9 Å². The smallest absolute Gasteiger partial charge is 0.242 e. The molecular weight excluding hydrogens is 399 g/mol. The minimum Gasteiger partial charge on any atom is -0.497 e. The molecule has 0 aliphatic heterocycles. The Balaban J connectivity index is 2.00. The minimum absolute atomic E-state index is 0.138. The number of methoxy groups -OCH3 is 1. The van der Waals surface area contributed by atoms with Gasteiger partial charge in [-0.25, -0.2) is 4.39 Å². The summed E-state index contributed by atoms with van der Waals surface area (Å²) in [5.74, 6) is 0.781. The summed E-state index contributed by atoms with van der Waals surface area (Å²) < 4.78 is 24.1. The Labute approximate surface area is 183 Å². The summed E-state index contributed by atoms with van der Waals surface area (Å²) in [5.41, 5.74) is 0.770. The molecular formula is C24H31FN2O4. The van der Waals surface area contributed by atoms with Crippen LogP contribution in [-0.4, -0.2) is 43.0 Å². The Hall–Kier alpha value is -3.09. The Morgan fingerprint density at radius 2 is 1.68 bits per heavy atom. The van der Waals surface area contributed by atoms with Crippen molar-refractivity contribution in [3.63, 3.8) is 0 Å². The molecule has 2 amide bonds. The van der Waals surface area contributed by atoms with E-state index in [-0.39, 0.29) is 30.6 Å². The number of hydrogen-bond acceptors (Lipinski definition) is 4. The van der Waals surface area contributed by atoms with Gasteiger partial charge in [0.05, 0.1) is 13.7 Å². The van der Waals surface area contributed by atoms with Crippen molar-refractivity contribution in [2.24, 2.45) is 0 Å². The molecule has 1 unspecified atom stereocenters. The Kier molecular flexibility index (Phi) is 9.81. The van der Waals surface area contributed by atoms with Crippen molar-refractivity contribution in [3.8, 4) is 11.5 Å². The Morgan fingerprint density at radius 3 is 2.26 bits per heavy atom. The highest BCUT2D eigenvalue weighted by atomic mass is 19.1. The third kappa shape index (κ3) is 7.59. The fourth-order valence-electron chi connectivity index (χ4n) is 3.23. The highest BCUT2D eigenvalue weighted by Gasteiger charge is 2.28. The summed E-state index contributed by atoms with van der Waals surface area (Å²) in [7, 11) is 1.60. The first-order valence-corrected chi connectivity index (χ1v) is 10.6. The van der Waals surface area contributed by atoms with Crippen molar-refractivity contribution in [1.82, 2.24) is 10.2 Å². The van der Waals surface area contributed by atoms with Crippen molar-refractivity contribution in [2.45, 2.75) is 45.7 Å². The summed E-state index contributed by atoms with van der Waals surface area (Å²) in [4.78, 5) is 27.1. The SMILES string of the molecule is CCNC(=O)C(CC)N(Cc1ccc(F)cc1)C(=O)CCCOc1ccc(OC)cc1. The molecule has 2 rings (SSSR count). The summed E-state index contributed by atoms with van der Waals surface area (Å²) >= 11 is 0. The first kappa shape index (κ1) is 24.2. The fourth-order valence-corrected chi connectivity index (χ4v) is 3.23. The second-order valence-corrected chi connectivity index (χ2v) is 7.09. The molecule has 1 N–H and O–H groups in total. The number of benzene rings is 2. The van der Waals surface area contributed by atoms with Crippen LogP contribution in [0.1, 0.15) is 38.7 Å². The van der Waals surface area contributed by atoms with Crippen LogP contribution in [0.2, 0.25) is 0 Å². The van der Waals surface area contributed by atoms with Gasteiger partial charge in [0.25, 0.3) is 0 Å². The van der Waals surface area contributed by atoms with Crippen LogP contribution in [0.3, 0.4) is 0 Å². The molecule has 2 aromatic carbocycles. The molecule has 0 heterocycles. The van der Waals surface area contributed by atoms with E-state index in [1.165, 1.54) is 12.1 Å². The first-order valence-electron chi connectivity index (χ1n) is 10.6. The van der Waals surface area contributed by atoms with Gasteiger partial charge in [-0.3, -0.25) is 9.59 Å². The summed E-state index contributed by atoms with van der Waals surface area (Å²) in [6, 6.07) is 12.6. The molecule has 0 aliphatic rings. The average Bonchev–Trinajstić information content (AvgIpc) is 2.78. The van der Waals surface area contributed by atoms with Gasteiger partial charge in [0.2, 0.25) is 11.8 Å². The van der Waals surface area contributed by atoms with Crippen molar-refractivity contribution in [1.29, 1.82) is 0 Å². The normalized spacial score (nSPS) is 11.5. The third-order valence-corrected chi connectivity index (χ3v) is 4.87. The van der Waals surface area contributed by atoms with Crippen LogP contribution in [0.5, 0.6) is 11.5 Å². The zero-order chi connectivity index (χ0) is 22.6. The molecule has 0 saturated carbocycles. The number of rotatable bonds is 12. The van der Waals surface area contributed by atoms with Gasteiger partial charge >= 0.3 is 0 Å². The van der Waals surface area contributed by atoms with Gasteiger partial charge in [-0.2, -0.15) is 0 Å². The number of nitrogens with one attached hydrogen (secondary N) is 1. The molecule has 0 aromatic heterocycles. The maximum Gasteiger partial charge on any atom is 0.242 e. The number of hydrogen-bond donors (Lipinski definition) is 1. The van der Waals surface area contributed by atoms with Gasteiger partial charge in [-0.05, 0) is 61.7 Å². The standard InChI is InChI=1S/C24H31FN2O4/c1-4-22(24(29)26-5-2)27(17-18-8-10-19(25)11-9-18)23(28)7-6-16-31-21-14-12-20(30-3)13-15-21/h8-15,22H,4-7,16-17H2,1-3H3,(H,26,29). The van der Waals surface area contributed by atoms with E-state index in [2.05, 4.69) is 5.32 Å². The van der Waals surface area contributed by atoms with Gasteiger partial charge in [0, 0.05) is 19.5 Å². The molecule has 0 radical (unpaired) electrons. The van der Waals surface area contributed by atoms with Crippen molar-refractivity contribution >= 4 is 11.8 Å². The van der Waals surface area contributed by atoms with Gasteiger partial charge in [-0.15, -0.1) is 0 Å². The predicted octanol–water partition coefficient (Wildman–Crippen LogP) is 3.94. The zero-order valence-electron chi connectivity index (χ0n) is 18.4. The van der Waals surface area contributed by atoms with Gasteiger partial charge in [-0.1, -0.05) is 19.1 Å². The summed E-state index contributed by atoms with van der Waals surface area (Å²) in [6.45, 7) is 4.82. The van der Waals surface area contributed by atoms with E-state index in [9.17, 15) is 14.0 Å². The zero-order valence-corrected chi connectivity index (χ0v) is 18.4. The van der Waals surface area contributed by atoms with Crippen LogP contribution >= 0.6 is 0 Å². The largest absolute Gasteiger partial charge is 0.497 e. The summed E-state index contributed by atoms with van der Waals surface area (Å²) in [5, 5.41) is 2.80. The first-order chi connectivity index (χ1) is 15.0. The van der Waals surface area contributed by atoms with Gasteiger partial charge in [0.1, 0.15) is 23.4 Å². The van der Waals surface area contributed by atoms with E-state index in [1.807, 2.05) is 38.1 Å². The Morgan fingerprint density at radius 1 is 1.03 bits per heavy atom. The Bertz CT molecular complexity index is 824. The summed E-state index contributed by atoms with van der Waals surface area (Å²) in [6.07, 6.45) is 1.24. The van der Waals surface area contributed by atoms with Crippen molar-refractivity contribution in [2.75, 3.05) is 20.3 Å². The van der Waals surface area contributed by atoms with Gasteiger partial charge < -0.3 is 19.7 Å². The molecule has 168 valence electrons. The number of carbonyl (C=O) groups excluding carboxylic acids is 2. The lowest BCUT2D eigenvalue weighted by atomic mass is 10.1. The van der Waals surface area contributed by atoms with E-state index in [0.717, 1.165) is 11.3 Å². The van der Waals surface area contributed by atoms with E-state index < -0.39 is 6.04 Å². The van der Waals surface area contributed by atoms with Crippen molar-refractivity contribution < 1.29 is 23.5 Å².